The van der Waals surface area contributed by atoms with Gasteiger partial charge >= 0.3 is 0 Å². The maximum absolute atomic E-state index is 13.1. The Kier molecular flexibility index (Phi) is 4.62. The number of carbonyl (C=O) groups is 2. The standard InChI is InChI=1S/C23H24N2O4/c26-22-11-9-19(25(22)13-15-8-10-20-21(12-15)29-14-28-20)23(27)24-18-7-3-5-16-4-1-2-6-17(16)18/h1-2,4,6,8,10,12,18-19H,3,5,7,9,11,13-14H2,(H,24,27). The fourth-order valence-corrected chi connectivity index (χ4v) is 4.61. The summed E-state index contributed by atoms with van der Waals surface area (Å²) in [7, 11) is 0. The lowest BCUT2D eigenvalue weighted by Crippen LogP contribution is -2.45. The Morgan fingerprint density at radius 3 is 2.86 bits per heavy atom. The summed E-state index contributed by atoms with van der Waals surface area (Å²) in [5, 5.41) is 3.22. The number of aryl methyl sites for hydroxylation is 1. The van der Waals surface area contributed by atoms with E-state index in [-0.39, 0.29) is 24.6 Å². The number of fused-ring (bicyclic) bond motifs is 2. The molecule has 2 heterocycles. The van der Waals surface area contributed by atoms with E-state index in [2.05, 4.69) is 17.4 Å². The largest absolute Gasteiger partial charge is 0.454 e. The molecule has 1 N–H and O–H groups in total. The molecule has 2 amide bonds. The number of likely N-dealkylation sites (tertiary alicyclic amines) is 1. The van der Waals surface area contributed by atoms with Crippen molar-refractivity contribution in [2.45, 2.75) is 50.7 Å². The second-order valence-electron chi connectivity index (χ2n) is 7.92. The summed E-state index contributed by atoms with van der Waals surface area (Å²) in [4.78, 5) is 27.3. The predicted octanol–water partition coefficient (Wildman–Crippen LogP) is 3.10. The molecule has 0 aromatic heterocycles. The molecule has 29 heavy (non-hydrogen) atoms. The zero-order chi connectivity index (χ0) is 19.8. The van der Waals surface area contributed by atoms with Crippen molar-refractivity contribution in [3.8, 4) is 11.5 Å². The van der Waals surface area contributed by atoms with Crippen LogP contribution in [0.15, 0.2) is 42.5 Å². The summed E-state index contributed by atoms with van der Waals surface area (Å²) in [6.07, 6.45) is 4.02. The molecule has 3 aliphatic rings. The molecule has 2 aliphatic heterocycles. The van der Waals surface area contributed by atoms with Crippen LogP contribution in [-0.2, 0) is 22.6 Å². The molecule has 6 heteroatoms. The van der Waals surface area contributed by atoms with Gasteiger partial charge in [-0.25, -0.2) is 0 Å². The van der Waals surface area contributed by atoms with Crippen LogP contribution in [0.1, 0.15) is 48.4 Å². The van der Waals surface area contributed by atoms with Crippen LogP contribution in [0, 0.1) is 0 Å². The first-order chi connectivity index (χ1) is 14.2. The highest BCUT2D eigenvalue weighted by atomic mass is 16.7. The van der Waals surface area contributed by atoms with Crippen LogP contribution < -0.4 is 14.8 Å². The highest BCUT2D eigenvalue weighted by Crippen LogP contribution is 2.34. The minimum atomic E-state index is -0.429. The molecule has 0 saturated carbocycles. The van der Waals surface area contributed by atoms with Crippen LogP contribution in [0.3, 0.4) is 0 Å². The van der Waals surface area contributed by atoms with Crippen LogP contribution >= 0.6 is 0 Å². The van der Waals surface area contributed by atoms with Gasteiger partial charge in [0.2, 0.25) is 18.6 Å². The van der Waals surface area contributed by atoms with E-state index in [0.717, 1.165) is 24.8 Å². The number of rotatable bonds is 4. The van der Waals surface area contributed by atoms with E-state index in [1.54, 1.807) is 4.90 Å². The van der Waals surface area contributed by atoms with Crippen molar-refractivity contribution >= 4 is 11.8 Å². The second-order valence-corrected chi connectivity index (χ2v) is 7.92. The van der Waals surface area contributed by atoms with E-state index in [9.17, 15) is 9.59 Å². The summed E-state index contributed by atoms with van der Waals surface area (Å²) >= 11 is 0. The van der Waals surface area contributed by atoms with Gasteiger partial charge in [0.25, 0.3) is 0 Å². The smallest absolute Gasteiger partial charge is 0.243 e. The van der Waals surface area contributed by atoms with Crippen molar-refractivity contribution in [3.63, 3.8) is 0 Å². The molecule has 1 saturated heterocycles. The molecule has 2 unspecified atom stereocenters. The third-order valence-electron chi connectivity index (χ3n) is 6.11. The highest BCUT2D eigenvalue weighted by molar-refractivity contribution is 5.91. The number of hydrogen-bond acceptors (Lipinski definition) is 4. The first-order valence-electron chi connectivity index (χ1n) is 10.3. The lowest BCUT2D eigenvalue weighted by Gasteiger charge is -2.30. The molecule has 0 radical (unpaired) electrons. The van der Waals surface area contributed by atoms with E-state index >= 15 is 0 Å². The zero-order valence-corrected chi connectivity index (χ0v) is 16.2. The normalized spacial score (nSPS) is 22.5. The monoisotopic (exact) mass is 392 g/mol. The minimum absolute atomic E-state index is 0.0202. The van der Waals surface area contributed by atoms with Crippen molar-refractivity contribution in [2.75, 3.05) is 6.79 Å². The lowest BCUT2D eigenvalue weighted by molar-refractivity contribution is -0.136. The average molecular weight is 392 g/mol. The molecule has 2 atom stereocenters. The van der Waals surface area contributed by atoms with Gasteiger partial charge in [0.15, 0.2) is 11.5 Å². The molecule has 150 valence electrons. The van der Waals surface area contributed by atoms with E-state index in [1.165, 1.54) is 11.1 Å². The fourth-order valence-electron chi connectivity index (χ4n) is 4.61. The second kappa shape index (κ2) is 7.43. The number of amides is 2. The van der Waals surface area contributed by atoms with Crippen molar-refractivity contribution in [2.24, 2.45) is 0 Å². The van der Waals surface area contributed by atoms with Crippen molar-refractivity contribution < 1.29 is 19.1 Å². The Hall–Kier alpha value is -3.02. The van der Waals surface area contributed by atoms with Crippen LogP contribution in [0.2, 0.25) is 0 Å². The maximum Gasteiger partial charge on any atom is 0.243 e. The van der Waals surface area contributed by atoms with Crippen molar-refractivity contribution in [3.05, 3.63) is 59.2 Å². The zero-order valence-electron chi connectivity index (χ0n) is 16.2. The molecule has 1 fully saturated rings. The Bertz CT molecular complexity index is 958. The van der Waals surface area contributed by atoms with Gasteiger partial charge < -0.3 is 19.7 Å². The molecule has 0 bridgehead atoms. The summed E-state index contributed by atoms with van der Waals surface area (Å²) in [6.45, 7) is 0.615. The molecule has 0 spiro atoms. The Morgan fingerprint density at radius 2 is 1.93 bits per heavy atom. The van der Waals surface area contributed by atoms with E-state index in [0.29, 0.717) is 30.9 Å². The van der Waals surface area contributed by atoms with Gasteiger partial charge in [-0.15, -0.1) is 0 Å². The van der Waals surface area contributed by atoms with Crippen LogP contribution in [0.25, 0.3) is 0 Å². The van der Waals surface area contributed by atoms with Crippen molar-refractivity contribution in [1.82, 2.24) is 10.2 Å². The Morgan fingerprint density at radius 1 is 1.07 bits per heavy atom. The molecule has 5 rings (SSSR count). The number of nitrogens with one attached hydrogen (secondary N) is 1. The minimum Gasteiger partial charge on any atom is -0.454 e. The fraction of sp³-hybridized carbons (Fsp3) is 0.391. The quantitative estimate of drug-likeness (QED) is 0.868. The van der Waals surface area contributed by atoms with E-state index in [4.69, 9.17) is 9.47 Å². The lowest BCUT2D eigenvalue weighted by atomic mass is 9.87. The molecule has 2 aromatic rings. The third kappa shape index (κ3) is 3.43. The topological polar surface area (TPSA) is 67.9 Å². The van der Waals surface area contributed by atoms with Gasteiger partial charge in [0.1, 0.15) is 6.04 Å². The number of nitrogens with zero attached hydrogens (tertiary/aromatic N) is 1. The number of hydrogen-bond donors (Lipinski definition) is 1. The number of ether oxygens (including phenoxy) is 2. The van der Waals surface area contributed by atoms with Gasteiger partial charge in [-0.1, -0.05) is 30.3 Å². The average Bonchev–Trinajstić information content (AvgIpc) is 3.35. The molecule has 1 aliphatic carbocycles. The van der Waals surface area contributed by atoms with Gasteiger partial charge in [0.05, 0.1) is 6.04 Å². The Balaban J connectivity index is 1.31. The molecule has 6 nitrogen and oxygen atoms in total. The van der Waals surface area contributed by atoms with Crippen LogP contribution in [0.5, 0.6) is 11.5 Å². The summed E-state index contributed by atoms with van der Waals surface area (Å²) in [6, 6.07) is 13.6. The van der Waals surface area contributed by atoms with Crippen molar-refractivity contribution in [1.29, 1.82) is 0 Å². The molecule has 2 aromatic carbocycles. The summed E-state index contributed by atoms with van der Waals surface area (Å²) in [5.41, 5.74) is 3.45. The molecular weight excluding hydrogens is 368 g/mol. The van der Waals surface area contributed by atoms with Crippen LogP contribution in [-0.4, -0.2) is 29.5 Å². The summed E-state index contributed by atoms with van der Waals surface area (Å²) < 4.78 is 10.8. The number of benzene rings is 2. The number of carbonyl (C=O) groups excluding carboxylic acids is 2. The maximum atomic E-state index is 13.1. The predicted molar refractivity (Wildman–Crippen MR) is 106 cm³/mol. The van der Waals surface area contributed by atoms with Gasteiger partial charge in [-0.3, -0.25) is 9.59 Å². The van der Waals surface area contributed by atoms with Gasteiger partial charge in [-0.2, -0.15) is 0 Å². The Labute approximate surface area is 169 Å². The third-order valence-corrected chi connectivity index (χ3v) is 6.11. The SMILES string of the molecule is O=C(NC1CCCc2ccccc21)C1CCC(=O)N1Cc1ccc2c(c1)OCO2. The summed E-state index contributed by atoms with van der Waals surface area (Å²) in [5.74, 6) is 1.37. The van der Waals surface area contributed by atoms with Gasteiger partial charge in [0, 0.05) is 13.0 Å². The molecular formula is C23H24N2O4. The highest BCUT2D eigenvalue weighted by Gasteiger charge is 2.37. The van der Waals surface area contributed by atoms with E-state index < -0.39 is 6.04 Å². The first kappa shape index (κ1) is 18.0. The first-order valence-corrected chi connectivity index (χ1v) is 10.3. The van der Waals surface area contributed by atoms with Crippen LogP contribution in [0.4, 0.5) is 0 Å². The van der Waals surface area contributed by atoms with E-state index in [1.807, 2.05) is 30.3 Å². The van der Waals surface area contributed by atoms with Gasteiger partial charge in [-0.05, 0) is 54.5 Å².